The summed E-state index contributed by atoms with van der Waals surface area (Å²) in [4.78, 5) is 0. The third kappa shape index (κ3) is 3.85. The minimum Gasteiger partial charge on any atom is -0.429 e. The van der Waals surface area contributed by atoms with Crippen molar-refractivity contribution >= 4 is 0 Å². The van der Waals surface area contributed by atoms with Crippen molar-refractivity contribution in [1.82, 2.24) is 5.32 Å². The highest BCUT2D eigenvalue weighted by Crippen LogP contribution is 2.23. The van der Waals surface area contributed by atoms with Gasteiger partial charge in [-0.1, -0.05) is 18.7 Å². The van der Waals surface area contributed by atoms with Gasteiger partial charge in [-0.05, 0) is 24.7 Å². The Labute approximate surface area is 93.2 Å². The lowest BCUT2D eigenvalue weighted by molar-refractivity contribution is -0.131. The highest BCUT2D eigenvalue weighted by molar-refractivity contribution is 5.29. The molecule has 0 spiro atoms. The van der Waals surface area contributed by atoms with E-state index in [1.165, 1.54) is 6.07 Å². The minimum absolute atomic E-state index is 0.115. The molecule has 0 aliphatic rings. The Bertz CT molecular complexity index is 398. The first-order chi connectivity index (χ1) is 7.57. The molecule has 1 aromatic carbocycles. The Balaban J connectivity index is 2.80. The van der Waals surface area contributed by atoms with Gasteiger partial charge in [0.05, 0.1) is 6.08 Å². The fourth-order valence-electron chi connectivity index (χ4n) is 1.23. The lowest BCUT2D eigenvalue weighted by Crippen LogP contribution is -2.21. The van der Waals surface area contributed by atoms with Gasteiger partial charge in [-0.25, -0.2) is 0 Å². The number of benzene rings is 1. The molecule has 86 valence electrons. The zero-order chi connectivity index (χ0) is 12.0. The van der Waals surface area contributed by atoms with Gasteiger partial charge in [0, 0.05) is 6.54 Å². The van der Waals surface area contributed by atoms with Crippen LogP contribution in [0.4, 0.5) is 8.78 Å². The van der Waals surface area contributed by atoms with Crippen molar-refractivity contribution in [3.8, 4) is 5.75 Å². The average Bonchev–Trinajstić information content (AvgIpc) is 2.17. The highest BCUT2D eigenvalue weighted by Gasteiger charge is 2.27. The molecule has 4 heteroatoms. The lowest BCUT2D eigenvalue weighted by Gasteiger charge is -2.14. The molecule has 0 atom stereocenters. The summed E-state index contributed by atoms with van der Waals surface area (Å²) < 4.78 is 30.6. The third-order valence-corrected chi connectivity index (χ3v) is 1.80. The van der Waals surface area contributed by atoms with E-state index >= 15 is 0 Å². The Morgan fingerprint density at radius 1 is 1.56 bits per heavy atom. The smallest absolute Gasteiger partial charge is 0.427 e. The predicted octanol–water partition coefficient (Wildman–Crippen LogP) is 2.72. The van der Waals surface area contributed by atoms with Gasteiger partial charge in [0.25, 0.3) is 0 Å². The molecule has 0 heterocycles. The molecule has 1 rings (SSSR count). The molecule has 0 fully saturated rings. The highest BCUT2D eigenvalue weighted by atomic mass is 19.3. The van der Waals surface area contributed by atoms with Gasteiger partial charge >= 0.3 is 6.11 Å². The second-order valence-corrected chi connectivity index (χ2v) is 3.19. The number of hydrogen-bond donors (Lipinski definition) is 1. The second kappa shape index (κ2) is 5.45. The van der Waals surface area contributed by atoms with E-state index in [0.29, 0.717) is 12.6 Å². The van der Waals surface area contributed by atoms with Crippen LogP contribution in [0.15, 0.2) is 42.7 Å². The molecule has 0 radical (unpaired) electrons. The van der Waals surface area contributed by atoms with Gasteiger partial charge in [0.2, 0.25) is 0 Å². The van der Waals surface area contributed by atoms with Crippen molar-refractivity contribution in [3.63, 3.8) is 0 Å². The van der Waals surface area contributed by atoms with Gasteiger partial charge < -0.3 is 10.1 Å². The molecule has 1 aromatic rings. The van der Waals surface area contributed by atoms with Crippen LogP contribution in [-0.2, 0) is 6.54 Å². The van der Waals surface area contributed by atoms with E-state index in [0.717, 1.165) is 5.56 Å². The quantitative estimate of drug-likeness (QED) is 0.778. The largest absolute Gasteiger partial charge is 0.429 e. The van der Waals surface area contributed by atoms with Crippen LogP contribution in [0.2, 0.25) is 0 Å². The van der Waals surface area contributed by atoms with Crippen LogP contribution in [0.25, 0.3) is 0 Å². The number of hydrogen-bond acceptors (Lipinski definition) is 2. The maximum absolute atomic E-state index is 13.0. The first-order valence-corrected chi connectivity index (χ1v) is 4.75. The van der Waals surface area contributed by atoms with Gasteiger partial charge in [0.1, 0.15) is 5.75 Å². The predicted molar refractivity (Wildman–Crippen MR) is 58.5 cm³/mol. The summed E-state index contributed by atoms with van der Waals surface area (Å²) in [7, 11) is 1.78. The summed E-state index contributed by atoms with van der Waals surface area (Å²) in [5.41, 5.74) is 2.88. The summed E-state index contributed by atoms with van der Waals surface area (Å²) in [6.07, 6.45) is -2.89. The molecule has 0 aliphatic heterocycles. The SMILES string of the molecule is C=C=CC(F)(F)Oc1cccc(CNC)c1. The van der Waals surface area contributed by atoms with E-state index in [-0.39, 0.29) is 5.75 Å². The number of nitrogens with one attached hydrogen (secondary N) is 1. The zero-order valence-electron chi connectivity index (χ0n) is 8.97. The van der Waals surface area contributed by atoms with E-state index in [2.05, 4.69) is 16.6 Å². The number of alkyl halides is 2. The van der Waals surface area contributed by atoms with Crippen LogP contribution in [0.1, 0.15) is 5.56 Å². The van der Waals surface area contributed by atoms with E-state index in [1.54, 1.807) is 19.2 Å². The lowest BCUT2D eigenvalue weighted by atomic mass is 10.2. The van der Waals surface area contributed by atoms with Gasteiger partial charge in [-0.2, -0.15) is 8.78 Å². The Hall–Kier alpha value is -1.64. The molecule has 16 heavy (non-hydrogen) atoms. The van der Waals surface area contributed by atoms with Crippen LogP contribution in [-0.4, -0.2) is 13.2 Å². The van der Waals surface area contributed by atoms with E-state index in [1.807, 2.05) is 11.8 Å². The Kier molecular flexibility index (Phi) is 4.23. The van der Waals surface area contributed by atoms with Crippen LogP contribution in [0.3, 0.4) is 0 Å². The van der Waals surface area contributed by atoms with Crippen LogP contribution >= 0.6 is 0 Å². The monoisotopic (exact) mass is 225 g/mol. The normalized spacial score (nSPS) is 10.7. The molecule has 0 unspecified atom stereocenters. The van der Waals surface area contributed by atoms with Gasteiger partial charge in [-0.3, -0.25) is 0 Å². The molecular weight excluding hydrogens is 212 g/mol. The van der Waals surface area contributed by atoms with Crippen LogP contribution in [0, 0.1) is 0 Å². The van der Waals surface area contributed by atoms with E-state index in [4.69, 9.17) is 0 Å². The average molecular weight is 225 g/mol. The van der Waals surface area contributed by atoms with Crippen LogP contribution < -0.4 is 10.1 Å². The number of rotatable bonds is 5. The second-order valence-electron chi connectivity index (χ2n) is 3.19. The third-order valence-electron chi connectivity index (χ3n) is 1.80. The summed E-state index contributed by atoms with van der Waals surface area (Å²) in [5.74, 6) is 0.115. The van der Waals surface area contributed by atoms with Crippen molar-refractivity contribution in [1.29, 1.82) is 0 Å². The fourth-order valence-corrected chi connectivity index (χ4v) is 1.23. The first-order valence-electron chi connectivity index (χ1n) is 4.75. The molecule has 0 amide bonds. The summed E-state index contributed by atoms with van der Waals surface area (Å²) in [6, 6.07) is 6.52. The van der Waals surface area contributed by atoms with E-state index < -0.39 is 6.11 Å². The van der Waals surface area contributed by atoms with Crippen LogP contribution in [0.5, 0.6) is 5.75 Å². The number of halogens is 2. The molecule has 1 N–H and O–H groups in total. The molecule has 2 nitrogen and oxygen atoms in total. The van der Waals surface area contributed by atoms with Gasteiger partial charge in [-0.15, -0.1) is 5.73 Å². The minimum atomic E-state index is -3.37. The van der Waals surface area contributed by atoms with Crippen molar-refractivity contribution < 1.29 is 13.5 Å². The molecule has 0 aliphatic carbocycles. The maximum Gasteiger partial charge on any atom is 0.427 e. The van der Waals surface area contributed by atoms with Crippen molar-refractivity contribution in [2.75, 3.05) is 7.05 Å². The van der Waals surface area contributed by atoms with E-state index in [9.17, 15) is 8.78 Å². The van der Waals surface area contributed by atoms with Crippen molar-refractivity contribution in [2.45, 2.75) is 12.7 Å². The summed E-state index contributed by atoms with van der Waals surface area (Å²) in [6.45, 7) is 3.68. The molecule has 0 saturated heterocycles. The van der Waals surface area contributed by atoms with Gasteiger partial charge in [0.15, 0.2) is 0 Å². The van der Waals surface area contributed by atoms with Crippen molar-refractivity contribution in [2.24, 2.45) is 0 Å². The maximum atomic E-state index is 13.0. The summed E-state index contributed by atoms with van der Waals surface area (Å²) >= 11 is 0. The Morgan fingerprint density at radius 3 is 2.94 bits per heavy atom. The Morgan fingerprint density at radius 2 is 2.31 bits per heavy atom. The zero-order valence-corrected chi connectivity index (χ0v) is 8.97. The molecular formula is C12H13F2NO. The number of ether oxygens (including phenoxy) is 1. The topological polar surface area (TPSA) is 21.3 Å². The first kappa shape index (κ1) is 12.4. The molecule has 0 bridgehead atoms. The molecule has 0 saturated carbocycles. The molecule has 0 aromatic heterocycles. The standard InChI is InChI=1S/C12H13F2NO/c1-3-7-12(13,14)16-11-6-4-5-10(8-11)9-15-2/h4-8,15H,1,9H2,2H3. The van der Waals surface area contributed by atoms with Crippen molar-refractivity contribution in [3.05, 3.63) is 48.2 Å². The fraction of sp³-hybridized carbons (Fsp3) is 0.250. The summed E-state index contributed by atoms with van der Waals surface area (Å²) in [5, 5.41) is 2.93.